The molecule has 27 heavy (non-hydrogen) atoms. The molecule has 0 amide bonds. The van der Waals surface area contributed by atoms with Gasteiger partial charge in [-0.25, -0.2) is 4.98 Å². The summed E-state index contributed by atoms with van der Waals surface area (Å²) >= 11 is 1.63. The van der Waals surface area contributed by atoms with E-state index in [2.05, 4.69) is 58.6 Å². The molecular weight excluding hydrogens is 356 g/mol. The van der Waals surface area contributed by atoms with Gasteiger partial charge in [-0.1, -0.05) is 60.3 Å². The first-order valence-electron chi connectivity index (χ1n) is 8.80. The molecule has 2 aromatic carbocycles. The van der Waals surface area contributed by atoms with Crippen molar-refractivity contribution in [2.24, 2.45) is 0 Å². The van der Waals surface area contributed by atoms with Gasteiger partial charge >= 0.3 is 0 Å². The predicted molar refractivity (Wildman–Crippen MR) is 106 cm³/mol. The molecule has 4 rings (SSSR count). The number of tetrazole rings is 1. The van der Waals surface area contributed by atoms with Crippen LogP contribution in [0.5, 0.6) is 0 Å². The van der Waals surface area contributed by atoms with E-state index in [0.717, 1.165) is 34.5 Å². The number of rotatable bonds is 6. The van der Waals surface area contributed by atoms with Crippen LogP contribution in [0.15, 0.2) is 65.8 Å². The minimum absolute atomic E-state index is 0.0512. The fourth-order valence-corrected chi connectivity index (χ4v) is 3.87. The van der Waals surface area contributed by atoms with Crippen molar-refractivity contribution in [3.63, 3.8) is 0 Å². The first-order chi connectivity index (χ1) is 13.2. The smallest absolute Gasteiger partial charge is 0.169 e. The molecule has 7 heteroatoms. The lowest BCUT2D eigenvalue weighted by Gasteiger charge is -2.09. The van der Waals surface area contributed by atoms with Crippen LogP contribution in [0.1, 0.15) is 34.9 Å². The zero-order valence-corrected chi connectivity index (χ0v) is 16.0. The van der Waals surface area contributed by atoms with Crippen molar-refractivity contribution in [2.75, 3.05) is 0 Å². The van der Waals surface area contributed by atoms with E-state index in [1.54, 1.807) is 16.4 Å². The van der Waals surface area contributed by atoms with Crippen LogP contribution in [0.25, 0.3) is 5.69 Å². The summed E-state index contributed by atoms with van der Waals surface area (Å²) in [4.78, 5) is 8.18. The number of aromatic amines is 1. The lowest BCUT2D eigenvalue weighted by Crippen LogP contribution is -2.05. The Bertz CT molecular complexity index is 1010. The Morgan fingerprint density at radius 1 is 1.04 bits per heavy atom. The summed E-state index contributed by atoms with van der Waals surface area (Å²) in [5.74, 6) is 0.796. The monoisotopic (exact) mass is 376 g/mol. The molecule has 0 fully saturated rings. The Kier molecular flexibility index (Phi) is 5.02. The van der Waals surface area contributed by atoms with Gasteiger partial charge < -0.3 is 4.98 Å². The standard InChI is InChI=1S/C20H20N6S/c1-14-18(13-16-9-5-3-6-10-16)22-20(21-14)27-15(2)19-23-24-25-26(19)17-11-7-4-8-12-17/h3-12,15H,13H2,1-2H3,(H,21,22). The van der Waals surface area contributed by atoms with E-state index in [-0.39, 0.29) is 5.25 Å². The normalized spacial score (nSPS) is 12.2. The molecule has 1 N–H and O–H groups in total. The van der Waals surface area contributed by atoms with E-state index in [0.29, 0.717) is 0 Å². The number of H-pyrrole nitrogens is 1. The number of aryl methyl sites for hydroxylation is 1. The molecule has 0 bridgehead atoms. The molecule has 0 aliphatic heterocycles. The van der Waals surface area contributed by atoms with E-state index in [9.17, 15) is 0 Å². The number of nitrogens with one attached hydrogen (secondary N) is 1. The van der Waals surface area contributed by atoms with Crippen molar-refractivity contribution < 1.29 is 0 Å². The molecule has 0 aliphatic carbocycles. The van der Waals surface area contributed by atoms with Crippen molar-refractivity contribution in [1.29, 1.82) is 0 Å². The largest absolute Gasteiger partial charge is 0.337 e. The zero-order chi connectivity index (χ0) is 18.6. The van der Waals surface area contributed by atoms with Gasteiger partial charge in [-0.15, -0.1) is 5.10 Å². The van der Waals surface area contributed by atoms with Gasteiger partial charge in [0.15, 0.2) is 11.0 Å². The van der Waals surface area contributed by atoms with Gasteiger partial charge in [0.05, 0.1) is 16.6 Å². The molecule has 1 atom stereocenters. The minimum atomic E-state index is 0.0512. The molecular formula is C20H20N6S. The second kappa shape index (κ2) is 7.75. The zero-order valence-electron chi connectivity index (χ0n) is 15.2. The van der Waals surface area contributed by atoms with Gasteiger partial charge in [0.2, 0.25) is 0 Å². The van der Waals surface area contributed by atoms with Crippen molar-refractivity contribution in [1.82, 2.24) is 30.2 Å². The lowest BCUT2D eigenvalue weighted by atomic mass is 10.1. The number of hydrogen-bond donors (Lipinski definition) is 1. The van der Waals surface area contributed by atoms with Crippen LogP contribution < -0.4 is 0 Å². The van der Waals surface area contributed by atoms with Crippen LogP contribution >= 0.6 is 11.8 Å². The Balaban J connectivity index is 1.52. The van der Waals surface area contributed by atoms with E-state index in [1.165, 1.54) is 5.56 Å². The molecule has 0 radical (unpaired) electrons. The highest BCUT2D eigenvalue weighted by atomic mass is 32.2. The van der Waals surface area contributed by atoms with E-state index in [1.807, 2.05) is 36.4 Å². The second-order valence-electron chi connectivity index (χ2n) is 6.32. The Morgan fingerprint density at radius 2 is 1.74 bits per heavy atom. The highest BCUT2D eigenvalue weighted by Crippen LogP contribution is 2.33. The van der Waals surface area contributed by atoms with Crippen LogP contribution in [0.3, 0.4) is 0 Å². The first kappa shape index (κ1) is 17.5. The SMILES string of the molecule is Cc1[nH]c(SC(C)c2nnnn2-c2ccccc2)nc1Cc1ccccc1. The van der Waals surface area contributed by atoms with E-state index >= 15 is 0 Å². The molecule has 4 aromatic rings. The number of para-hydroxylation sites is 1. The molecule has 0 aliphatic rings. The Hall–Kier alpha value is -2.93. The number of hydrogen-bond acceptors (Lipinski definition) is 5. The lowest BCUT2D eigenvalue weighted by molar-refractivity contribution is 0.762. The number of benzene rings is 2. The van der Waals surface area contributed by atoms with Crippen molar-refractivity contribution in [2.45, 2.75) is 30.7 Å². The van der Waals surface area contributed by atoms with Gasteiger partial charge in [-0.2, -0.15) is 4.68 Å². The van der Waals surface area contributed by atoms with Gasteiger partial charge in [-0.3, -0.25) is 0 Å². The van der Waals surface area contributed by atoms with E-state index < -0.39 is 0 Å². The maximum absolute atomic E-state index is 4.79. The maximum Gasteiger partial charge on any atom is 0.169 e. The van der Waals surface area contributed by atoms with Crippen LogP contribution in [0.2, 0.25) is 0 Å². The Labute approximate surface area is 162 Å². The minimum Gasteiger partial charge on any atom is -0.337 e. The third kappa shape index (κ3) is 3.93. The van der Waals surface area contributed by atoms with Crippen molar-refractivity contribution in [3.05, 3.63) is 83.4 Å². The molecule has 6 nitrogen and oxygen atoms in total. The summed E-state index contributed by atoms with van der Waals surface area (Å²) < 4.78 is 1.78. The van der Waals surface area contributed by atoms with Crippen LogP contribution in [-0.2, 0) is 6.42 Å². The third-order valence-electron chi connectivity index (χ3n) is 4.32. The summed E-state index contributed by atoms with van der Waals surface area (Å²) in [5.41, 5.74) is 4.37. The average molecular weight is 376 g/mol. The summed E-state index contributed by atoms with van der Waals surface area (Å²) in [6.07, 6.45) is 0.819. The van der Waals surface area contributed by atoms with Crippen molar-refractivity contribution in [3.8, 4) is 5.69 Å². The summed E-state index contributed by atoms with van der Waals surface area (Å²) in [5, 5.41) is 13.2. The summed E-state index contributed by atoms with van der Waals surface area (Å²) in [7, 11) is 0. The van der Waals surface area contributed by atoms with Gasteiger partial charge in [-0.05, 0) is 42.0 Å². The van der Waals surface area contributed by atoms with Gasteiger partial charge in [0, 0.05) is 12.1 Å². The molecule has 2 aromatic heterocycles. The number of aromatic nitrogens is 6. The number of imidazole rings is 1. The highest BCUT2D eigenvalue weighted by Gasteiger charge is 2.19. The summed E-state index contributed by atoms with van der Waals surface area (Å²) in [6, 6.07) is 20.3. The maximum atomic E-state index is 4.79. The van der Waals surface area contributed by atoms with Crippen LogP contribution in [0.4, 0.5) is 0 Å². The molecule has 136 valence electrons. The number of thioether (sulfide) groups is 1. The third-order valence-corrected chi connectivity index (χ3v) is 5.31. The fraction of sp³-hybridized carbons (Fsp3) is 0.200. The van der Waals surface area contributed by atoms with Gasteiger partial charge in [0.1, 0.15) is 0 Å². The fourth-order valence-electron chi connectivity index (χ4n) is 2.90. The molecule has 0 saturated heterocycles. The molecule has 1 unspecified atom stereocenters. The van der Waals surface area contributed by atoms with Gasteiger partial charge in [0.25, 0.3) is 0 Å². The molecule has 0 saturated carbocycles. The molecule has 2 heterocycles. The first-order valence-corrected chi connectivity index (χ1v) is 9.68. The Morgan fingerprint density at radius 3 is 2.48 bits per heavy atom. The van der Waals surface area contributed by atoms with Crippen LogP contribution in [0, 0.1) is 6.92 Å². The summed E-state index contributed by atoms with van der Waals surface area (Å²) in [6.45, 7) is 4.15. The quantitative estimate of drug-likeness (QED) is 0.512. The van der Waals surface area contributed by atoms with Crippen LogP contribution in [-0.4, -0.2) is 30.2 Å². The van der Waals surface area contributed by atoms with E-state index in [4.69, 9.17) is 4.98 Å². The topological polar surface area (TPSA) is 72.3 Å². The highest BCUT2D eigenvalue weighted by molar-refractivity contribution is 7.99. The predicted octanol–water partition coefficient (Wildman–Crippen LogP) is 4.14. The number of nitrogens with zero attached hydrogens (tertiary/aromatic N) is 5. The average Bonchev–Trinajstić information content (AvgIpc) is 3.31. The second-order valence-corrected chi connectivity index (χ2v) is 7.65. The molecule has 0 spiro atoms. The van der Waals surface area contributed by atoms with Crippen molar-refractivity contribution >= 4 is 11.8 Å².